The van der Waals surface area contributed by atoms with Gasteiger partial charge in [-0.05, 0) is 0 Å². The highest BCUT2D eigenvalue weighted by Gasteiger charge is 2.10. The van der Waals surface area contributed by atoms with Crippen molar-refractivity contribution in [2.75, 3.05) is 0 Å². The molecule has 13 heavy (non-hydrogen) atoms. The Morgan fingerprint density at radius 1 is 1.62 bits per heavy atom. The zero-order valence-corrected chi connectivity index (χ0v) is 6.41. The monoisotopic (exact) mass is 180 g/mol. The number of hydrogen-bond acceptors (Lipinski definition) is 2. The van der Waals surface area contributed by atoms with Crippen LogP contribution in [0.1, 0.15) is 10.4 Å². The minimum atomic E-state index is -1.09. The first kappa shape index (κ1) is 7.72. The first-order valence-corrected chi connectivity index (χ1v) is 3.54. The lowest BCUT2D eigenvalue weighted by Crippen LogP contribution is -1.94. The van der Waals surface area contributed by atoms with E-state index in [2.05, 4.69) is 9.97 Å². The fraction of sp³-hybridized carbons (Fsp3) is 0. The number of aromatic amines is 1. The maximum atomic E-state index is 12.6. The van der Waals surface area contributed by atoms with Gasteiger partial charge in [-0.1, -0.05) is 0 Å². The second-order valence-corrected chi connectivity index (χ2v) is 2.56. The molecular weight excluding hydrogens is 175 g/mol. The molecule has 0 radical (unpaired) electrons. The predicted molar refractivity (Wildman–Crippen MR) is 43.0 cm³/mol. The number of rotatable bonds is 1. The Kier molecular flexibility index (Phi) is 1.51. The van der Waals surface area contributed by atoms with Crippen LogP contribution in [0.3, 0.4) is 0 Å². The van der Waals surface area contributed by atoms with Crippen LogP contribution < -0.4 is 0 Å². The Bertz CT molecular complexity index is 478. The SMILES string of the molecule is O=C(O)c1c[nH]c2cnc(F)cc12. The second kappa shape index (κ2) is 2.55. The summed E-state index contributed by atoms with van der Waals surface area (Å²) in [5.74, 6) is -1.77. The van der Waals surface area contributed by atoms with Gasteiger partial charge in [0, 0.05) is 17.6 Å². The number of carboxylic acids is 1. The zero-order chi connectivity index (χ0) is 9.42. The van der Waals surface area contributed by atoms with E-state index in [1.807, 2.05) is 0 Å². The number of nitrogens with one attached hydrogen (secondary N) is 1. The molecule has 5 heteroatoms. The molecule has 0 spiro atoms. The van der Waals surface area contributed by atoms with Gasteiger partial charge in [0.2, 0.25) is 5.95 Å². The molecule has 0 aliphatic rings. The number of pyridine rings is 1. The van der Waals surface area contributed by atoms with Crippen molar-refractivity contribution in [3.63, 3.8) is 0 Å². The summed E-state index contributed by atoms with van der Waals surface area (Å²) >= 11 is 0. The van der Waals surface area contributed by atoms with Gasteiger partial charge < -0.3 is 10.1 Å². The van der Waals surface area contributed by atoms with Gasteiger partial charge in [0.1, 0.15) is 0 Å². The summed E-state index contributed by atoms with van der Waals surface area (Å²) in [4.78, 5) is 16.7. The van der Waals surface area contributed by atoms with E-state index in [0.29, 0.717) is 10.9 Å². The summed E-state index contributed by atoms with van der Waals surface area (Å²) in [6.07, 6.45) is 2.57. The maximum Gasteiger partial charge on any atom is 0.337 e. The smallest absolute Gasteiger partial charge is 0.337 e. The van der Waals surface area contributed by atoms with Gasteiger partial charge >= 0.3 is 5.97 Å². The van der Waals surface area contributed by atoms with Gasteiger partial charge in [0.25, 0.3) is 0 Å². The second-order valence-electron chi connectivity index (χ2n) is 2.56. The lowest BCUT2D eigenvalue weighted by Gasteiger charge is -1.91. The van der Waals surface area contributed by atoms with Crippen molar-refractivity contribution in [3.8, 4) is 0 Å². The average molecular weight is 180 g/mol. The van der Waals surface area contributed by atoms with Crippen molar-refractivity contribution in [3.05, 3.63) is 30.0 Å². The maximum absolute atomic E-state index is 12.6. The number of halogens is 1. The minimum Gasteiger partial charge on any atom is -0.478 e. The van der Waals surface area contributed by atoms with E-state index in [-0.39, 0.29) is 5.56 Å². The molecule has 0 aliphatic heterocycles. The van der Waals surface area contributed by atoms with Crippen LogP contribution in [0.4, 0.5) is 4.39 Å². The standard InChI is InChI=1S/C8H5FN2O2/c9-7-1-4-5(8(12)13)2-10-6(4)3-11-7/h1-3,10H,(H,12,13). The molecule has 0 amide bonds. The van der Waals surface area contributed by atoms with Crippen LogP contribution in [-0.4, -0.2) is 21.0 Å². The largest absolute Gasteiger partial charge is 0.478 e. The first-order chi connectivity index (χ1) is 6.18. The van der Waals surface area contributed by atoms with E-state index in [0.717, 1.165) is 6.07 Å². The van der Waals surface area contributed by atoms with Gasteiger partial charge in [-0.2, -0.15) is 4.39 Å². The molecule has 0 aromatic carbocycles. The van der Waals surface area contributed by atoms with Gasteiger partial charge in [-0.25, -0.2) is 9.78 Å². The van der Waals surface area contributed by atoms with Crippen LogP contribution in [-0.2, 0) is 0 Å². The van der Waals surface area contributed by atoms with Crippen LogP contribution >= 0.6 is 0 Å². The fourth-order valence-electron chi connectivity index (χ4n) is 1.17. The highest BCUT2D eigenvalue weighted by atomic mass is 19.1. The highest BCUT2D eigenvalue weighted by molar-refractivity contribution is 6.02. The van der Waals surface area contributed by atoms with E-state index in [1.165, 1.54) is 12.4 Å². The number of fused-ring (bicyclic) bond motifs is 1. The molecule has 0 unspecified atom stereocenters. The van der Waals surface area contributed by atoms with Gasteiger partial charge in [-0.3, -0.25) is 0 Å². The van der Waals surface area contributed by atoms with E-state index < -0.39 is 11.9 Å². The summed E-state index contributed by atoms with van der Waals surface area (Å²) in [7, 11) is 0. The molecule has 0 atom stereocenters. The summed E-state index contributed by atoms with van der Waals surface area (Å²) in [5.41, 5.74) is 0.565. The molecule has 2 rings (SSSR count). The lowest BCUT2D eigenvalue weighted by molar-refractivity contribution is 0.0699. The van der Waals surface area contributed by atoms with Crippen molar-refractivity contribution in [1.82, 2.24) is 9.97 Å². The Labute approximate surface area is 72.0 Å². The fourth-order valence-corrected chi connectivity index (χ4v) is 1.17. The molecule has 2 N–H and O–H groups in total. The number of aromatic nitrogens is 2. The van der Waals surface area contributed by atoms with Crippen LogP contribution in [0, 0.1) is 5.95 Å². The van der Waals surface area contributed by atoms with Gasteiger partial charge in [0.05, 0.1) is 17.3 Å². The molecule has 0 bridgehead atoms. The van der Waals surface area contributed by atoms with E-state index >= 15 is 0 Å². The first-order valence-electron chi connectivity index (χ1n) is 3.54. The Morgan fingerprint density at radius 2 is 2.38 bits per heavy atom. The quantitative estimate of drug-likeness (QED) is 0.652. The van der Waals surface area contributed by atoms with Crippen molar-refractivity contribution in [2.24, 2.45) is 0 Å². The molecule has 2 aromatic rings. The topological polar surface area (TPSA) is 66.0 Å². The third kappa shape index (κ3) is 1.14. The molecule has 0 fully saturated rings. The molecule has 66 valence electrons. The van der Waals surface area contributed by atoms with Gasteiger partial charge in [0.15, 0.2) is 0 Å². The predicted octanol–water partition coefficient (Wildman–Crippen LogP) is 1.40. The van der Waals surface area contributed by atoms with E-state index in [9.17, 15) is 9.18 Å². The molecule has 0 saturated heterocycles. The lowest BCUT2D eigenvalue weighted by atomic mass is 10.2. The highest BCUT2D eigenvalue weighted by Crippen LogP contribution is 2.17. The van der Waals surface area contributed by atoms with Crippen LogP contribution in [0.5, 0.6) is 0 Å². The molecule has 2 aromatic heterocycles. The summed E-state index contributed by atoms with van der Waals surface area (Å²) < 4.78 is 12.6. The van der Waals surface area contributed by atoms with Gasteiger partial charge in [-0.15, -0.1) is 0 Å². The normalized spacial score (nSPS) is 10.5. The number of hydrogen-bond donors (Lipinski definition) is 2. The average Bonchev–Trinajstić information content (AvgIpc) is 2.46. The van der Waals surface area contributed by atoms with Crippen LogP contribution in [0.2, 0.25) is 0 Å². The third-order valence-electron chi connectivity index (χ3n) is 1.76. The Balaban J connectivity index is 2.79. The number of aromatic carboxylic acids is 1. The minimum absolute atomic E-state index is 0.0521. The van der Waals surface area contributed by atoms with Crippen molar-refractivity contribution in [1.29, 1.82) is 0 Å². The number of nitrogens with zero attached hydrogens (tertiary/aromatic N) is 1. The van der Waals surface area contributed by atoms with E-state index in [1.54, 1.807) is 0 Å². The molecule has 0 aliphatic carbocycles. The van der Waals surface area contributed by atoms with Crippen molar-refractivity contribution in [2.45, 2.75) is 0 Å². The Morgan fingerprint density at radius 3 is 3.08 bits per heavy atom. The molecule has 4 nitrogen and oxygen atoms in total. The molecule has 0 saturated carbocycles. The van der Waals surface area contributed by atoms with Crippen molar-refractivity contribution >= 4 is 16.9 Å². The summed E-state index contributed by atoms with van der Waals surface area (Å²) in [6, 6.07) is 1.09. The van der Waals surface area contributed by atoms with E-state index in [4.69, 9.17) is 5.11 Å². The number of H-pyrrole nitrogens is 1. The van der Waals surface area contributed by atoms with Crippen molar-refractivity contribution < 1.29 is 14.3 Å². The van der Waals surface area contributed by atoms with Crippen LogP contribution in [0.25, 0.3) is 10.9 Å². The third-order valence-corrected chi connectivity index (χ3v) is 1.76. The zero-order valence-electron chi connectivity index (χ0n) is 6.41. The summed E-state index contributed by atoms with van der Waals surface area (Å²) in [6.45, 7) is 0. The summed E-state index contributed by atoms with van der Waals surface area (Å²) in [5, 5.41) is 9.03. The Hall–Kier alpha value is -1.91. The number of carboxylic acid groups (broad SMARTS) is 1. The molecule has 2 heterocycles. The van der Waals surface area contributed by atoms with Crippen LogP contribution in [0.15, 0.2) is 18.5 Å². The molecular formula is C8H5FN2O2. The number of carbonyl (C=O) groups is 1.